The summed E-state index contributed by atoms with van der Waals surface area (Å²) in [5, 5.41) is 12.6. The third kappa shape index (κ3) is 3.81. The first kappa shape index (κ1) is 20.5. The van der Waals surface area contributed by atoms with E-state index in [1.165, 1.54) is 11.1 Å². The van der Waals surface area contributed by atoms with Gasteiger partial charge in [0.1, 0.15) is 6.61 Å². The van der Waals surface area contributed by atoms with Crippen molar-refractivity contribution in [2.75, 3.05) is 13.2 Å². The molecular weight excluding hydrogens is 378 g/mol. The minimum atomic E-state index is -0.923. The number of hydrogen-bond acceptors (Lipinski definition) is 3. The van der Waals surface area contributed by atoms with Gasteiger partial charge in [0.15, 0.2) is 0 Å². The molecule has 5 heteroatoms. The van der Waals surface area contributed by atoms with Gasteiger partial charge in [-0.2, -0.15) is 0 Å². The van der Waals surface area contributed by atoms with Crippen LogP contribution >= 0.6 is 0 Å². The molecule has 1 unspecified atom stereocenters. The Balaban J connectivity index is 1.41. The molecule has 2 aromatic carbocycles. The fourth-order valence-electron chi connectivity index (χ4n) is 5.30. The largest absolute Gasteiger partial charge is 0.481 e. The average molecular weight is 408 g/mol. The van der Waals surface area contributed by atoms with Gasteiger partial charge in [-0.1, -0.05) is 68.8 Å². The number of alkyl carbamates (subject to hydrolysis) is 1. The summed E-state index contributed by atoms with van der Waals surface area (Å²) in [5.74, 6) is -0.848. The number of benzene rings is 2. The Morgan fingerprint density at radius 2 is 1.63 bits per heavy atom. The molecule has 30 heavy (non-hydrogen) atoms. The van der Waals surface area contributed by atoms with Crippen molar-refractivity contribution in [1.82, 2.24) is 5.32 Å². The molecule has 158 valence electrons. The molecule has 2 aliphatic carbocycles. The molecule has 1 atom stereocenters. The van der Waals surface area contributed by atoms with Gasteiger partial charge in [-0.15, -0.1) is 0 Å². The quantitative estimate of drug-likeness (QED) is 0.715. The minimum absolute atomic E-state index is 0.00908. The fraction of sp³-hybridized carbons (Fsp3) is 0.440. The number of aliphatic carboxylic acids is 1. The maximum atomic E-state index is 12.5. The molecule has 0 aromatic heterocycles. The van der Waals surface area contributed by atoms with Crippen molar-refractivity contribution in [2.45, 2.75) is 45.4 Å². The molecule has 0 saturated heterocycles. The number of carboxylic acid groups (broad SMARTS) is 1. The molecule has 5 nitrogen and oxygen atoms in total. The molecule has 2 aliphatic rings. The van der Waals surface area contributed by atoms with Gasteiger partial charge in [-0.3, -0.25) is 4.79 Å². The molecule has 0 aliphatic heterocycles. The fourth-order valence-corrected chi connectivity index (χ4v) is 5.30. The van der Waals surface area contributed by atoms with Crippen LogP contribution in [-0.2, 0) is 9.53 Å². The van der Waals surface area contributed by atoms with E-state index in [4.69, 9.17) is 4.74 Å². The Kier molecular flexibility index (Phi) is 5.31. The number of hydrogen-bond donors (Lipinski definition) is 2. The van der Waals surface area contributed by atoms with E-state index in [-0.39, 0.29) is 24.5 Å². The van der Waals surface area contributed by atoms with E-state index in [1.54, 1.807) is 0 Å². The summed E-state index contributed by atoms with van der Waals surface area (Å²) in [6.07, 6.45) is 2.44. The molecule has 0 heterocycles. The van der Waals surface area contributed by atoms with Crippen LogP contribution in [0, 0.1) is 10.8 Å². The van der Waals surface area contributed by atoms with Crippen LogP contribution in [0.4, 0.5) is 4.79 Å². The first-order valence-corrected chi connectivity index (χ1v) is 10.6. The van der Waals surface area contributed by atoms with Gasteiger partial charge in [0.25, 0.3) is 0 Å². The number of nitrogens with one attached hydrogen (secondary N) is 1. The zero-order valence-electron chi connectivity index (χ0n) is 17.6. The number of ether oxygens (including phenoxy) is 1. The first-order valence-electron chi connectivity index (χ1n) is 10.6. The van der Waals surface area contributed by atoms with Crippen LogP contribution in [0.1, 0.15) is 56.6 Å². The normalized spacial score (nSPS) is 22.1. The van der Waals surface area contributed by atoms with E-state index in [2.05, 4.69) is 43.4 Å². The van der Waals surface area contributed by atoms with Gasteiger partial charge in [-0.25, -0.2) is 4.79 Å². The highest BCUT2D eigenvalue weighted by Crippen LogP contribution is 2.46. The zero-order valence-corrected chi connectivity index (χ0v) is 17.6. The molecule has 1 amide bonds. The third-order valence-corrected chi connectivity index (χ3v) is 6.69. The van der Waals surface area contributed by atoms with E-state index in [0.29, 0.717) is 12.8 Å². The summed E-state index contributed by atoms with van der Waals surface area (Å²) in [6, 6.07) is 16.4. The zero-order chi connectivity index (χ0) is 21.4. The Morgan fingerprint density at radius 1 is 1.03 bits per heavy atom. The van der Waals surface area contributed by atoms with Crippen molar-refractivity contribution in [3.05, 3.63) is 59.7 Å². The van der Waals surface area contributed by atoms with Crippen LogP contribution < -0.4 is 5.32 Å². The van der Waals surface area contributed by atoms with Crippen LogP contribution in [-0.4, -0.2) is 30.3 Å². The second kappa shape index (κ2) is 7.78. The van der Waals surface area contributed by atoms with Crippen molar-refractivity contribution in [3.8, 4) is 11.1 Å². The van der Waals surface area contributed by atoms with Crippen molar-refractivity contribution in [1.29, 1.82) is 0 Å². The smallest absolute Gasteiger partial charge is 0.407 e. The second-order valence-corrected chi connectivity index (χ2v) is 9.46. The summed E-state index contributed by atoms with van der Waals surface area (Å²) in [6.45, 7) is 4.52. The van der Waals surface area contributed by atoms with Crippen LogP contribution in [0.15, 0.2) is 48.5 Å². The topological polar surface area (TPSA) is 75.6 Å². The molecule has 0 bridgehead atoms. The summed E-state index contributed by atoms with van der Waals surface area (Å²) in [5.41, 5.74) is 3.70. The number of rotatable bonds is 5. The van der Waals surface area contributed by atoms with Gasteiger partial charge in [-0.05, 0) is 46.9 Å². The number of fused-ring (bicyclic) bond motifs is 3. The number of amides is 1. The van der Waals surface area contributed by atoms with E-state index >= 15 is 0 Å². The van der Waals surface area contributed by atoms with Crippen LogP contribution in [0.25, 0.3) is 11.1 Å². The monoisotopic (exact) mass is 407 g/mol. The number of carbonyl (C=O) groups is 2. The van der Waals surface area contributed by atoms with Gasteiger partial charge in [0.05, 0.1) is 5.41 Å². The molecule has 0 radical (unpaired) electrons. The lowest BCUT2D eigenvalue weighted by Crippen LogP contribution is -2.48. The van der Waals surface area contributed by atoms with Gasteiger partial charge in [0.2, 0.25) is 0 Å². The maximum absolute atomic E-state index is 12.5. The molecule has 2 aromatic rings. The lowest BCUT2D eigenvalue weighted by atomic mass is 9.63. The molecule has 1 fully saturated rings. The predicted molar refractivity (Wildman–Crippen MR) is 115 cm³/mol. The molecule has 0 spiro atoms. The maximum Gasteiger partial charge on any atom is 0.407 e. The SMILES string of the molecule is CC1(C)CCCC(CNC(=O)OCC2c3ccccc3-c3ccccc32)(C(=O)O)C1. The lowest BCUT2D eigenvalue weighted by molar-refractivity contribution is -0.153. The number of carboxylic acids is 1. The first-order chi connectivity index (χ1) is 14.3. The van der Waals surface area contributed by atoms with Crippen LogP contribution in [0.5, 0.6) is 0 Å². The van der Waals surface area contributed by atoms with E-state index < -0.39 is 17.5 Å². The predicted octanol–water partition coefficient (Wildman–Crippen LogP) is 5.20. The molecular formula is C25H29NO4. The third-order valence-electron chi connectivity index (χ3n) is 6.69. The summed E-state index contributed by atoms with van der Waals surface area (Å²) < 4.78 is 5.56. The van der Waals surface area contributed by atoms with Crippen molar-refractivity contribution in [3.63, 3.8) is 0 Å². The lowest BCUT2D eigenvalue weighted by Gasteiger charge is -2.42. The van der Waals surface area contributed by atoms with Crippen molar-refractivity contribution >= 4 is 12.1 Å². The molecule has 1 saturated carbocycles. The van der Waals surface area contributed by atoms with E-state index in [0.717, 1.165) is 24.0 Å². The summed E-state index contributed by atoms with van der Waals surface area (Å²) in [4.78, 5) is 24.5. The van der Waals surface area contributed by atoms with Crippen LogP contribution in [0.2, 0.25) is 0 Å². The summed E-state index contributed by atoms with van der Waals surface area (Å²) >= 11 is 0. The molecule has 2 N–H and O–H groups in total. The van der Waals surface area contributed by atoms with Gasteiger partial charge >= 0.3 is 12.1 Å². The van der Waals surface area contributed by atoms with Gasteiger partial charge in [0, 0.05) is 12.5 Å². The molecule has 4 rings (SSSR count). The van der Waals surface area contributed by atoms with Crippen molar-refractivity contribution < 1.29 is 19.4 Å². The standard InChI is InChI=1S/C25H29NO4/c1-24(2)12-7-13-25(15-24,22(27)28)16-26-23(29)30-14-21-19-10-5-3-8-17(19)18-9-4-6-11-20(18)21/h3-6,8-11,21H,7,12-16H2,1-2H3,(H,26,29)(H,27,28). The summed E-state index contributed by atoms with van der Waals surface area (Å²) in [7, 11) is 0. The Morgan fingerprint density at radius 3 is 2.20 bits per heavy atom. The van der Waals surface area contributed by atoms with Crippen LogP contribution in [0.3, 0.4) is 0 Å². The average Bonchev–Trinajstić information content (AvgIpc) is 3.04. The van der Waals surface area contributed by atoms with Crippen molar-refractivity contribution in [2.24, 2.45) is 10.8 Å². The Hall–Kier alpha value is -2.82. The Bertz CT molecular complexity index is 922. The van der Waals surface area contributed by atoms with E-state index in [9.17, 15) is 14.7 Å². The van der Waals surface area contributed by atoms with Gasteiger partial charge < -0.3 is 15.2 Å². The second-order valence-electron chi connectivity index (χ2n) is 9.46. The number of carbonyl (C=O) groups excluding carboxylic acids is 1. The minimum Gasteiger partial charge on any atom is -0.481 e. The highest BCUT2D eigenvalue weighted by molar-refractivity contribution is 5.79. The highest BCUT2D eigenvalue weighted by atomic mass is 16.5. The van der Waals surface area contributed by atoms with E-state index in [1.807, 2.05) is 24.3 Å². The highest BCUT2D eigenvalue weighted by Gasteiger charge is 2.46. The Labute approximate surface area is 177 Å².